The first-order valence-electron chi connectivity index (χ1n) is 9.31. The van der Waals surface area contributed by atoms with Crippen molar-refractivity contribution in [3.05, 3.63) is 63.6 Å². The summed E-state index contributed by atoms with van der Waals surface area (Å²) in [5.41, 5.74) is 2.19. The number of amides is 1. The van der Waals surface area contributed by atoms with Crippen molar-refractivity contribution in [3.63, 3.8) is 0 Å². The molecule has 0 spiro atoms. The first-order chi connectivity index (χ1) is 14.0. The number of rotatable bonds is 5. The van der Waals surface area contributed by atoms with Gasteiger partial charge in [-0.3, -0.25) is 9.59 Å². The molecule has 0 unspecified atom stereocenters. The van der Waals surface area contributed by atoms with Crippen molar-refractivity contribution >= 4 is 32.4 Å². The highest BCUT2D eigenvalue weighted by atomic mass is 32.2. The van der Waals surface area contributed by atoms with Gasteiger partial charge >= 0.3 is 0 Å². The average molecular weight is 429 g/mol. The van der Waals surface area contributed by atoms with Gasteiger partial charge in [0.1, 0.15) is 0 Å². The third-order valence-electron chi connectivity index (χ3n) is 5.05. The van der Waals surface area contributed by atoms with Crippen LogP contribution in [0.2, 0.25) is 0 Å². The molecule has 0 radical (unpaired) electrons. The molecule has 0 saturated carbocycles. The fourth-order valence-corrected chi connectivity index (χ4v) is 4.18. The lowest BCUT2D eigenvalue weighted by Gasteiger charge is -2.16. The van der Waals surface area contributed by atoms with Crippen LogP contribution in [0.4, 0.5) is 5.69 Å². The highest BCUT2D eigenvalue weighted by Crippen LogP contribution is 2.26. The van der Waals surface area contributed by atoms with Crippen molar-refractivity contribution in [1.82, 2.24) is 14.1 Å². The van der Waals surface area contributed by atoms with Gasteiger partial charge in [0.15, 0.2) is 0 Å². The zero-order valence-corrected chi connectivity index (χ0v) is 18.4. The van der Waals surface area contributed by atoms with Crippen LogP contribution < -0.4 is 10.9 Å². The number of nitrogens with one attached hydrogen (secondary N) is 1. The van der Waals surface area contributed by atoms with Gasteiger partial charge in [-0.1, -0.05) is 18.2 Å². The Morgan fingerprint density at radius 3 is 2.40 bits per heavy atom. The summed E-state index contributed by atoms with van der Waals surface area (Å²) in [5, 5.41) is 8.15. The molecule has 1 aromatic heterocycles. The van der Waals surface area contributed by atoms with Gasteiger partial charge in [0, 0.05) is 32.2 Å². The van der Waals surface area contributed by atoms with Crippen molar-refractivity contribution in [2.75, 3.05) is 19.4 Å². The van der Waals surface area contributed by atoms with Crippen molar-refractivity contribution in [3.8, 4) is 0 Å². The van der Waals surface area contributed by atoms with E-state index in [1.165, 1.54) is 24.8 Å². The summed E-state index contributed by atoms with van der Waals surface area (Å²) in [5.74, 6) is -0.354. The Hall–Kier alpha value is -3.04. The van der Waals surface area contributed by atoms with Crippen molar-refractivity contribution in [2.45, 2.75) is 25.2 Å². The van der Waals surface area contributed by atoms with E-state index >= 15 is 0 Å². The van der Waals surface area contributed by atoms with Crippen molar-refractivity contribution in [1.29, 1.82) is 0 Å². The first kappa shape index (κ1) is 21.7. The van der Waals surface area contributed by atoms with Crippen LogP contribution in [-0.2, 0) is 28.3 Å². The highest BCUT2D eigenvalue weighted by Gasteiger charge is 2.20. The van der Waals surface area contributed by atoms with E-state index in [1.54, 1.807) is 44.3 Å². The molecule has 2 aromatic carbocycles. The summed E-state index contributed by atoms with van der Waals surface area (Å²) in [6, 6.07) is 10.0. The van der Waals surface area contributed by atoms with Gasteiger partial charge in [-0.2, -0.15) is 5.10 Å². The monoisotopic (exact) mass is 428 g/mol. The molecule has 0 aliphatic rings. The molecule has 3 rings (SSSR count). The number of fused-ring (bicyclic) bond motifs is 1. The van der Waals surface area contributed by atoms with E-state index in [4.69, 9.17) is 0 Å². The number of aryl methyl sites for hydroxylation is 2. The number of sulfonamides is 1. The summed E-state index contributed by atoms with van der Waals surface area (Å²) >= 11 is 0. The quantitative estimate of drug-likeness (QED) is 0.670. The molecule has 1 amide bonds. The van der Waals surface area contributed by atoms with Gasteiger partial charge in [0.05, 0.1) is 22.4 Å². The second-order valence-electron chi connectivity index (χ2n) is 7.35. The molecule has 0 fully saturated rings. The average Bonchev–Trinajstić information content (AvgIpc) is 2.69. The van der Waals surface area contributed by atoms with Crippen molar-refractivity contribution in [2.24, 2.45) is 7.05 Å². The molecular formula is C21H24N4O4S. The molecule has 0 saturated heterocycles. The zero-order valence-electron chi connectivity index (χ0n) is 17.6. The third-order valence-corrected chi connectivity index (χ3v) is 6.85. The Morgan fingerprint density at radius 2 is 1.77 bits per heavy atom. The van der Waals surface area contributed by atoms with Crippen LogP contribution in [0.1, 0.15) is 16.8 Å². The molecule has 8 nitrogen and oxygen atoms in total. The maximum atomic E-state index is 12.8. The van der Waals surface area contributed by atoms with Crippen LogP contribution in [-0.4, -0.2) is 42.5 Å². The second kappa shape index (κ2) is 8.00. The molecule has 1 N–H and O–H groups in total. The molecule has 0 aliphatic carbocycles. The van der Waals surface area contributed by atoms with Gasteiger partial charge in [0.25, 0.3) is 5.56 Å². The van der Waals surface area contributed by atoms with E-state index in [0.717, 1.165) is 15.4 Å². The zero-order chi connectivity index (χ0) is 22.2. The van der Waals surface area contributed by atoms with E-state index < -0.39 is 10.0 Å². The number of hydrogen-bond acceptors (Lipinski definition) is 5. The Balaban J connectivity index is 1.97. The number of carbonyl (C=O) groups is 1. The molecule has 0 atom stereocenters. The SMILES string of the molecule is Cc1cc(S(=O)(=O)N(C)C)cc(NC(=O)Cc2nn(C)c(=O)c3ccccc23)c1C. The van der Waals surface area contributed by atoms with Crippen LogP contribution in [0.3, 0.4) is 0 Å². The maximum absolute atomic E-state index is 12.8. The lowest BCUT2D eigenvalue weighted by molar-refractivity contribution is -0.115. The Kier molecular flexibility index (Phi) is 5.78. The summed E-state index contributed by atoms with van der Waals surface area (Å²) in [7, 11) is 0.815. The van der Waals surface area contributed by atoms with Gasteiger partial charge < -0.3 is 5.32 Å². The van der Waals surface area contributed by atoms with E-state index in [9.17, 15) is 18.0 Å². The standard InChI is InChI=1S/C21H24N4O4S/c1-13-10-15(30(28,29)24(3)4)11-18(14(13)2)22-20(26)12-19-16-8-6-7-9-17(16)21(27)25(5)23-19/h6-11H,12H2,1-5H3,(H,22,26). The first-order valence-corrected chi connectivity index (χ1v) is 10.7. The van der Waals surface area contributed by atoms with Gasteiger partial charge in [-0.25, -0.2) is 17.4 Å². The number of aromatic nitrogens is 2. The van der Waals surface area contributed by atoms with Gasteiger partial charge in [-0.05, 0) is 43.2 Å². The predicted octanol–water partition coefficient (Wildman–Crippen LogP) is 1.98. The topological polar surface area (TPSA) is 101 Å². The number of nitrogens with zero attached hydrogens (tertiary/aromatic N) is 3. The van der Waals surface area contributed by atoms with Crippen LogP contribution in [0.25, 0.3) is 10.8 Å². The molecule has 1 heterocycles. The Morgan fingerprint density at radius 1 is 1.13 bits per heavy atom. The summed E-state index contributed by atoms with van der Waals surface area (Å²) in [6.45, 7) is 3.61. The van der Waals surface area contributed by atoms with Crippen LogP contribution in [0, 0.1) is 13.8 Å². The molecule has 3 aromatic rings. The molecule has 30 heavy (non-hydrogen) atoms. The minimum Gasteiger partial charge on any atom is -0.325 e. The van der Waals surface area contributed by atoms with Gasteiger partial charge in [0.2, 0.25) is 15.9 Å². The van der Waals surface area contributed by atoms with Crippen LogP contribution in [0.5, 0.6) is 0 Å². The van der Waals surface area contributed by atoms with E-state index in [2.05, 4.69) is 10.4 Å². The predicted molar refractivity (Wildman–Crippen MR) is 116 cm³/mol. The number of carbonyl (C=O) groups excluding carboxylic acids is 1. The third kappa shape index (κ3) is 3.99. The fraction of sp³-hybridized carbons (Fsp3) is 0.286. The molecule has 9 heteroatoms. The lowest BCUT2D eigenvalue weighted by Crippen LogP contribution is -2.24. The minimum atomic E-state index is -3.64. The fourth-order valence-electron chi connectivity index (χ4n) is 3.17. The molecule has 158 valence electrons. The number of benzene rings is 2. The molecule has 0 bridgehead atoms. The van der Waals surface area contributed by atoms with Crippen molar-refractivity contribution < 1.29 is 13.2 Å². The smallest absolute Gasteiger partial charge is 0.274 e. The van der Waals surface area contributed by atoms with Crippen LogP contribution in [0.15, 0.2) is 46.1 Å². The van der Waals surface area contributed by atoms with Gasteiger partial charge in [-0.15, -0.1) is 0 Å². The second-order valence-corrected chi connectivity index (χ2v) is 9.50. The largest absolute Gasteiger partial charge is 0.325 e. The van der Waals surface area contributed by atoms with Crippen LogP contribution >= 0.6 is 0 Å². The summed E-state index contributed by atoms with van der Waals surface area (Å²) in [4.78, 5) is 25.2. The Labute approximate surface area is 175 Å². The van der Waals surface area contributed by atoms with E-state index in [0.29, 0.717) is 22.2 Å². The Bertz CT molecular complexity index is 1310. The van der Waals surface area contributed by atoms with E-state index in [1.807, 2.05) is 6.92 Å². The summed E-state index contributed by atoms with van der Waals surface area (Å²) < 4.78 is 27.4. The van der Waals surface area contributed by atoms with E-state index in [-0.39, 0.29) is 22.8 Å². The minimum absolute atomic E-state index is 0.0578. The number of hydrogen-bond donors (Lipinski definition) is 1. The normalized spacial score (nSPS) is 11.8. The number of anilines is 1. The summed E-state index contributed by atoms with van der Waals surface area (Å²) in [6.07, 6.45) is -0.0578. The maximum Gasteiger partial charge on any atom is 0.274 e. The lowest BCUT2D eigenvalue weighted by atomic mass is 10.1. The molecular weight excluding hydrogens is 404 g/mol. The molecule has 0 aliphatic heterocycles. The highest BCUT2D eigenvalue weighted by molar-refractivity contribution is 7.89.